The number of hydrogen-bond donors (Lipinski definition) is 1. The number of sulfonamides is 1. The average Bonchev–Trinajstić information content (AvgIpc) is 2.31. The van der Waals surface area contributed by atoms with E-state index in [-0.39, 0.29) is 5.25 Å². The summed E-state index contributed by atoms with van der Waals surface area (Å²) in [5.41, 5.74) is 0. The lowest BCUT2D eigenvalue weighted by Gasteiger charge is -2.27. The highest BCUT2D eigenvalue weighted by atomic mass is 32.2. The lowest BCUT2D eigenvalue weighted by Crippen LogP contribution is -2.44. The second-order valence-corrected chi connectivity index (χ2v) is 7.73. The standard InChI is InChI=1S/C13H30N2O2S/c1-7-12(5)10-15(8-2)18(16,17)13(6)9-14-11(3)4/h11-14H,7-10H2,1-6H3. The predicted octanol–water partition coefficient (Wildman–Crippen LogP) is 2.07. The molecule has 0 bridgehead atoms. The van der Waals surface area contributed by atoms with E-state index >= 15 is 0 Å². The Bertz CT molecular complexity index is 315. The van der Waals surface area contributed by atoms with Gasteiger partial charge >= 0.3 is 0 Å². The second-order valence-electron chi connectivity index (χ2n) is 5.38. The van der Waals surface area contributed by atoms with Crippen molar-refractivity contribution in [3.8, 4) is 0 Å². The van der Waals surface area contributed by atoms with Crippen LogP contribution in [0.25, 0.3) is 0 Å². The molecule has 0 aliphatic carbocycles. The topological polar surface area (TPSA) is 49.4 Å². The van der Waals surface area contributed by atoms with Crippen LogP contribution >= 0.6 is 0 Å². The van der Waals surface area contributed by atoms with Gasteiger partial charge in [0.1, 0.15) is 0 Å². The van der Waals surface area contributed by atoms with Crippen LogP contribution in [0.2, 0.25) is 0 Å². The van der Waals surface area contributed by atoms with Gasteiger partial charge in [-0.15, -0.1) is 0 Å². The molecule has 5 heteroatoms. The molecule has 4 nitrogen and oxygen atoms in total. The molecular formula is C13H30N2O2S. The maximum atomic E-state index is 12.4. The minimum absolute atomic E-state index is 0.312. The third kappa shape index (κ3) is 5.67. The van der Waals surface area contributed by atoms with Gasteiger partial charge in [0.05, 0.1) is 5.25 Å². The highest BCUT2D eigenvalue weighted by molar-refractivity contribution is 7.89. The van der Waals surface area contributed by atoms with Crippen molar-refractivity contribution in [2.45, 2.75) is 59.3 Å². The summed E-state index contributed by atoms with van der Waals surface area (Å²) < 4.78 is 26.4. The monoisotopic (exact) mass is 278 g/mol. The maximum absolute atomic E-state index is 12.4. The second kappa shape index (κ2) is 8.12. The summed E-state index contributed by atoms with van der Waals surface area (Å²) in [7, 11) is -3.18. The van der Waals surface area contributed by atoms with Gasteiger partial charge in [0, 0.05) is 25.7 Å². The Balaban J connectivity index is 4.64. The quantitative estimate of drug-likeness (QED) is 0.702. The van der Waals surface area contributed by atoms with Crippen LogP contribution in [0.1, 0.15) is 48.0 Å². The van der Waals surface area contributed by atoms with Crippen LogP contribution in [-0.2, 0) is 10.0 Å². The van der Waals surface area contributed by atoms with Gasteiger partial charge in [-0.05, 0) is 12.8 Å². The minimum Gasteiger partial charge on any atom is -0.313 e. The van der Waals surface area contributed by atoms with E-state index in [1.165, 1.54) is 0 Å². The maximum Gasteiger partial charge on any atom is 0.217 e. The van der Waals surface area contributed by atoms with Crippen LogP contribution in [0.4, 0.5) is 0 Å². The molecule has 0 aromatic carbocycles. The summed E-state index contributed by atoms with van der Waals surface area (Å²) in [4.78, 5) is 0. The molecule has 0 aromatic rings. The number of nitrogens with one attached hydrogen (secondary N) is 1. The fourth-order valence-electron chi connectivity index (χ4n) is 1.65. The fourth-order valence-corrected chi connectivity index (χ4v) is 3.29. The van der Waals surface area contributed by atoms with Gasteiger partial charge in [-0.25, -0.2) is 12.7 Å². The molecule has 0 spiro atoms. The van der Waals surface area contributed by atoms with Crippen molar-refractivity contribution in [2.75, 3.05) is 19.6 Å². The van der Waals surface area contributed by atoms with Gasteiger partial charge in [0.2, 0.25) is 10.0 Å². The van der Waals surface area contributed by atoms with Crippen molar-refractivity contribution >= 4 is 10.0 Å². The molecule has 1 N–H and O–H groups in total. The normalized spacial score (nSPS) is 16.2. The summed E-state index contributed by atoms with van der Waals surface area (Å²) in [6.07, 6.45) is 1.00. The molecule has 0 aliphatic heterocycles. The van der Waals surface area contributed by atoms with E-state index in [1.807, 2.05) is 20.8 Å². The van der Waals surface area contributed by atoms with Gasteiger partial charge < -0.3 is 5.32 Å². The zero-order valence-corrected chi connectivity index (χ0v) is 13.5. The molecule has 2 atom stereocenters. The first-order valence-corrected chi connectivity index (χ1v) is 8.48. The molecule has 0 rings (SSSR count). The summed E-state index contributed by atoms with van der Waals surface area (Å²) in [5, 5.41) is 2.82. The van der Waals surface area contributed by atoms with Crippen LogP contribution in [0, 0.1) is 5.92 Å². The molecule has 0 amide bonds. The Morgan fingerprint density at radius 2 is 1.67 bits per heavy atom. The van der Waals surface area contributed by atoms with E-state index in [1.54, 1.807) is 11.2 Å². The highest BCUT2D eigenvalue weighted by Crippen LogP contribution is 2.13. The van der Waals surface area contributed by atoms with E-state index in [9.17, 15) is 8.42 Å². The van der Waals surface area contributed by atoms with E-state index in [0.29, 0.717) is 31.6 Å². The largest absolute Gasteiger partial charge is 0.313 e. The number of hydrogen-bond acceptors (Lipinski definition) is 3. The zero-order valence-electron chi connectivity index (χ0n) is 12.7. The van der Waals surface area contributed by atoms with Crippen molar-refractivity contribution in [3.05, 3.63) is 0 Å². The van der Waals surface area contributed by atoms with Crippen LogP contribution in [-0.4, -0.2) is 43.6 Å². The van der Waals surface area contributed by atoms with Crippen LogP contribution in [0.5, 0.6) is 0 Å². The first-order chi connectivity index (χ1) is 8.25. The number of nitrogens with zero attached hydrogens (tertiary/aromatic N) is 1. The van der Waals surface area contributed by atoms with Crippen LogP contribution in [0.3, 0.4) is 0 Å². The smallest absolute Gasteiger partial charge is 0.217 e. The Morgan fingerprint density at radius 1 is 1.11 bits per heavy atom. The molecule has 0 aromatic heterocycles. The molecule has 0 heterocycles. The van der Waals surface area contributed by atoms with Gasteiger partial charge in [-0.2, -0.15) is 0 Å². The molecule has 0 aliphatic rings. The molecule has 0 saturated heterocycles. The third-order valence-electron chi connectivity index (χ3n) is 3.25. The molecule has 110 valence electrons. The predicted molar refractivity (Wildman–Crippen MR) is 78.2 cm³/mol. The lowest BCUT2D eigenvalue weighted by molar-refractivity contribution is 0.356. The minimum atomic E-state index is -3.18. The zero-order chi connectivity index (χ0) is 14.3. The summed E-state index contributed by atoms with van der Waals surface area (Å²) in [5.74, 6) is 0.407. The van der Waals surface area contributed by atoms with Gasteiger partial charge in [0.15, 0.2) is 0 Å². The lowest BCUT2D eigenvalue weighted by atomic mass is 10.1. The van der Waals surface area contributed by atoms with E-state index < -0.39 is 10.0 Å². The Labute approximate surface area is 113 Å². The number of rotatable bonds is 9. The van der Waals surface area contributed by atoms with Crippen molar-refractivity contribution in [1.29, 1.82) is 0 Å². The van der Waals surface area contributed by atoms with Crippen molar-refractivity contribution in [1.82, 2.24) is 9.62 Å². The average molecular weight is 278 g/mol. The van der Waals surface area contributed by atoms with Gasteiger partial charge in [-0.3, -0.25) is 0 Å². The summed E-state index contributed by atoms with van der Waals surface area (Å²) in [6.45, 7) is 13.6. The van der Waals surface area contributed by atoms with Crippen molar-refractivity contribution in [3.63, 3.8) is 0 Å². The Morgan fingerprint density at radius 3 is 2.06 bits per heavy atom. The SMILES string of the molecule is CCC(C)CN(CC)S(=O)(=O)C(C)CNC(C)C. The molecule has 0 saturated carbocycles. The van der Waals surface area contributed by atoms with Crippen molar-refractivity contribution in [2.24, 2.45) is 5.92 Å². The third-order valence-corrected chi connectivity index (χ3v) is 5.56. The van der Waals surface area contributed by atoms with Crippen LogP contribution < -0.4 is 5.32 Å². The summed E-state index contributed by atoms with van der Waals surface area (Å²) >= 11 is 0. The molecular weight excluding hydrogens is 248 g/mol. The fraction of sp³-hybridized carbons (Fsp3) is 1.00. The first kappa shape index (κ1) is 17.9. The summed E-state index contributed by atoms with van der Waals surface area (Å²) in [6, 6.07) is 0.312. The molecule has 0 fully saturated rings. The molecule has 2 unspecified atom stereocenters. The Kier molecular flexibility index (Phi) is 8.06. The van der Waals surface area contributed by atoms with Crippen molar-refractivity contribution < 1.29 is 8.42 Å². The van der Waals surface area contributed by atoms with E-state index in [2.05, 4.69) is 19.2 Å². The molecule has 18 heavy (non-hydrogen) atoms. The van der Waals surface area contributed by atoms with Gasteiger partial charge in [-0.1, -0.05) is 41.0 Å². The highest BCUT2D eigenvalue weighted by Gasteiger charge is 2.28. The van der Waals surface area contributed by atoms with Crippen LogP contribution in [0.15, 0.2) is 0 Å². The van der Waals surface area contributed by atoms with Gasteiger partial charge in [0.25, 0.3) is 0 Å². The van der Waals surface area contributed by atoms with E-state index in [4.69, 9.17) is 0 Å². The first-order valence-electron chi connectivity index (χ1n) is 6.97. The molecule has 0 radical (unpaired) electrons. The van der Waals surface area contributed by atoms with E-state index in [0.717, 1.165) is 6.42 Å². The Hall–Kier alpha value is -0.130.